The van der Waals surface area contributed by atoms with Crippen LogP contribution in [0.5, 0.6) is 5.75 Å². The smallest absolute Gasteiger partial charge is 0.416 e. The molecule has 31 heavy (non-hydrogen) atoms. The Bertz CT molecular complexity index is 1230. The van der Waals surface area contributed by atoms with Crippen LogP contribution in [0.1, 0.15) is 21.5 Å². The maximum absolute atomic E-state index is 13.3. The fourth-order valence-corrected chi connectivity index (χ4v) is 3.97. The van der Waals surface area contributed by atoms with Gasteiger partial charge in [-0.2, -0.15) is 13.2 Å². The minimum Gasteiger partial charge on any atom is -0.497 e. The van der Waals surface area contributed by atoms with E-state index in [-0.39, 0.29) is 12.1 Å². The second-order valence-electron chi connectivity index (χ2n) is 6.66. The van der Waals surface area contributed by atoms with Crippen molar-refractivity contribution in [2.45, 2.75) is 12.7 Å². The number of thiazole rings is 1. The van der Waals surface area contributed by atoms with E-state index in [9.17, 15) is 18.0 Å². The number of ether oxygens (including phenoxy) is 1. The van der Waals surface area contributed by atoms with Gasteiger partial charge in [0, 0.05) is 24.0 Å². The number of fused-ring (bicyclic) bond motifs is 1. The summed E-state index contributed by atoms with van der Waals surface area (Å²) >= 11 is 1.27. The Morgan fingerprint density at radius 3 is 2.68 bits per heavy atom. The molecule has 0 N–H and O–H groups in total. The van der Waals surface area contributed by atoms with E-state index in [1.807, 2.05) is 6.07 Å². The zero-order valence-electron chi connectivity index (χ0n) is 16.3. The largest absolute Gasteiger partial charge is 0.497 e. The molecule has 5 nitrogen and oxygen atoms in total. The van der Waals surface area contributed by atoms with Crippen molar-refractivity contribution in [2.24, 2.45) is 0 Å². The number of amides is 1. The molecule has 2 aromatic heterocycles. The molecule has 0 aliphatic heterocycles. The number of nitrogens with zero attached hydrogens (tertiary/aromatic N) is 3. The third kappa shape index (κ3) is 4.51. The number of carbonyl (C=O) groups is 1. The summed E-state index contributed by atoms with van der Waals surface area (Å²) < 4.78 is 45.5. The number of alkyl halides is 3. The van der Waals surface area contributed by atoms with Crippen molar-refractivity contribution in [3.05, 3.63) is 83.7 Å². The molecule has 2 heterocycles. The van der Waals surface area contributed by atoms with E-state index in [1.165, 1.54) is 28.4 Å². The summed E-state index contributed by atoms with van der Waals surface area (Å²) in [5.74, 6) is 0.0355. The number of anilines is 1. The number of hydrogen-bond acceptors (Lipinski definition) is 5. The minimum absolute atomic E-state index is 0.0736. The molecular formula is C22H16F3N3O2S. The van der Waals surface area contributed by atoms with Crippen LogP contribution in [0, 0.1) is 0 Å². The van der Waals surface area contributed by atoms with E-state index in [2.05, 4.69) is 9.97 Å². The van der Waals surface area contributed by atoms with Gasteiger partial charge in [-0.25, -0.2) is 4.98 Å². The lowest BCUT2D eigenvalue weighted by Crippen LogP contribution is -2.30. The first-order chi connectivity index (χ1) is 14.8. The molecular weight excluding hydrogens is 427 g/mol. The van der Waals surface area contributed by atoms with Crippen molar-refractivity contribution in [3.8, 4) is 5.75 Å². The molecule has 0 saturated heterocycles. The van der Waals surface area contributed by atoms with Crippen LogP contribution in [0.2, 0.25) is 0 Å². The maximum Gasteiger partial charge on any atom is 0.416 e. The van der Waals surface area contributed by atoms with E-state index >= 15 is 0 Å². The van der Waals surface area contributed by atoms with Crippen LogP contribution in [-0.2, 0) is 12.7 Å². The topological polar surface area (TPSA) is 55.3 Å². The summed E-state index contributed by atoms with van der Waals surface area (Å²) in [4.78, 5) is 23.3. The van der Waals surface area contributed by atoms with Gasteiger partial charge in [0.15, 0.2) is 5.13 Å². The van der Waals surface area contributed by atoms with Gasteiger partial charge in [-0.3, -0.25) is 14.7 Å². The summed E-state index contributed by atoms with van der Waals surface area (Å²) in [5, 5.41) is 0.370. The maximum atomic E-state index is 13.3. The fourth-order valence-electron chi connectivity index (χ4n) is 3.02. The minimum atomic E-state index is -4.54. The monoisotopic (exact) mass is 443 g/mol. The molecule has 2 aromatic carbocycles. The van der Waals surface area contributed by atoms with Gasteiger partial charge in [0.1, 0.15) is 5.75 Å². The summed E-state index contributed by atoms with van der Waals surface area (Å²) in [5.41, 5.74) is 0.399. The lowest BCUT2D eigenvalue weighted by atomic mass is 10.1. The van der Waals surface area contributed by atoms with E-state index in [0.29, 0.717) is 16.4 Å². The predicted molar refractivity (Wildman–Crippen MR) is 112 cm³/mol. The Morgan fingerprint density at radius 2 is 1.97 bits per heavy atom. The molecule has 0 unspecified atom stereocenters. The summed E-state index contributed by atoms with van der Waals surface area (Å²) in [6, 6.07) is 13.2. The zero-order valence-corrected chi connectivity index (χ0v) is 17.1. The molecule has 0 fully saturated rings. The van der Waals surface area contributed by atoms with E-state index < -0.39 is 17.6 Å². The average molecular weight is 443 g/mol. The molecule has 0 radical (unpaired) electrons. The van der Waals surface area contributed by atoms with Gasteiger partial charge in [0.05, 0.1) is 29.4 Å². The summed E-state index contributed by atoms with van der Waals surface area (Å²) in [7, 11) is 1.54. The van der Waals surface area contributed by atoms with Crippen LogP contribution in [-0.4, -0.2) is 23.0 Å². The van der Waals surface area contributed by atoms with Crippen LogP contribution in [0.15, 0.2) is 67.0 Å². The number of halogens is 3. The summed E-state index contributed by atoms with van der Waals surface area (Å²) in [6.45, 7) is 0.111. The Hall–Kier alpha value is -3.46. The van der Waals surface area contributed by atoms with Gasteiger partial charge in [-0.15, -0.1) is 0 Å². The lowest BCUT2D eigenvalue weighted by molar-refractivity contribution is -0.137. The van der Waals surface area contributed by atoms with E-state index in [4.69, 9.17) is 4.74 Å². The van der Waals surface area contributed by atoms with Crippen molar-refractivity contribution in [2.75, 3.05) is 12.0 Å². The third-order valence-electron chi connectivity index (χ3n) is 4.56. The van der Waals surface area contributed by atoms with Gasteiger partial charge < -0.3 is 4.74 Å². The molecule has 0 saturated carbocycles. The van der Waals surface area contributed by atoms with Crippen LogP contribution in [0.25, 0.3) is 10.2 Å². The first-order valence-electron chi connectivity index (χ1n) is 9.18. The molecule has 0 aliphatic rings. The molecule has 4 rings (SSSR count). The van der Waals surface area contributed by atoms with E-state index in [0.717, 1.165) is 22.4 Å². The van der Waals surface area contributed by atoms with Gasteiger partial charge in [-0.05, 0) is 42.0 Å². The highest BCUT2D eigenvalue weighted by Gasteiger charge is 2.32. The number of hydrogen-bond donors (Lipinski definition) is 0. The number of pyridine rings is 1. The number of carbonyl (C=O) groups excluding carboxylic acids is 1. The van der Waals surface area contributed by atoms with Crippen molar-refractivity contribution in [1.82, 2.24) is 9.97 Å². The summed E-state index contributed by atoms with van der Waals surface area (Å²) in [6.07, 6.45) is -1.34. The van der Waals surface area contributed by atoms with Crippen LogP contribution in [0.3, 0.4) is 0 Å². The van der Waals surface area contributed by atoms with Crippen LogP contribution >= 0.6 is 11.3 Å². The molecule has 0 aliphatic carbocycles. The Labute approximate surface area is 179 Å². The van der Waals surface area contributed by atoms with Crippen LogP contribution in [0.4, 0.5) is 18.3 Å². The Balaban J connectivity index is 1.77. The average Bonchev–Trinajstić information content (AvgIpc) is 3.20. The highest BCUT2D eigenvalue weighted by atomic mass is 32.1. The van der Waals surface area contributed by atoms with Crippen molar-refractivity contribution in [3.63, 3.8) is 0 Å². The van der Waals surface area contributed by atoms with Gasteiger partial charge in [-0.1, -0.05) is 23.5 Å². The van der Waals surface area contributed by atoms with Gasteiger partial charge >= 0.3 is 6.18 Å². The van der Waals surface area contributed by atoms with Gasteiger partial charge in [0.25, 0.3) is 5.91 Å². The highest BCUT2D eigenvalue weighted by Crippen LogP contribution is 2.34. The fraction of sp³-hybridized carbons (Fsp3) is 0.136. The molecule has 0 spiro atoms. The first kappa shape index (κ1) is 20.8. The number of benzene rings is 2. The second-order valence-corrected chi connectivity index (χ2v) is 7.67. The van der Waals surface area contributed by atoms with Crippen molar-refractivity contribution < 1.29 is 22.7 Å². The molecule has 0 atom stereocenters. The standard InChI is InChI=1S/C22H16F3N3O2S/c1-30-17-7-8-19-18(11-17)27-21(31-19)28(13-14-4-3-9-26-12-14)20(29)15-5-2-6-16(10-15)22(23,24)25/h2-12H,13H2,1H3. The van der Waals surface area contributed by atoms with Gasteiger partial charge in [0.2, 0.25) is 0 Å². The molecule has 9 heteroatoms. The lowest BCUT2D eigenvalue weighted by Gasteiger charge is -2.20. The second kappa shape index (κ2) is 8.35. The zero-order chi connectivity index (χ0) is 22.0. The Morgan fingerprint density at radius 1 is 1.13 bits per heavy atom. The first-order valence-corrected chi connectivity index (χ1v) is 9.99. The molecule has 1 amide bonds. The molecule has 0 bridgehead atoms. The SMILES string of the molecule is COc1ccc2sc(N(Cc3cccnc3)C(=O)c3cccc(C(F)(F)F)c3)nc2c1. The predicted octanol–water partition coefficient (Wildman–Crippen LogP) is 5.57. The van der Waals surface area contributed by atoms with Crippen molar-refractivity contribution in [1.29, 1.82) is 0 Å². The number of aromatic nitrogens is 2. The highest BCUT2D eigenvalue weighted by molar-refractivity contribution is 7.22. The number of rotatable bonds is 5. The van der Waals surface area contributed by atoms with Crippen LogP contribution < -0.4 is 9.64 Å². The normalized spacial score (nSPS) is 11.5. The molecule has 4 aromatic rings. The van der Waals surface area contributed by atoms with E-state index in [1.54, 1.807) is 43.8 Å². The number of methoxy groups -OCH3 is 1. The molecule has 158 valence electrons. The van der Waals surface area contributed by atoms with Crippen molar-refractivity contribution >= 4 is 32.6 Å². The Kier molecular flexibility index (Phi) is 5.60. The third-order valence-corrected chi connectivity index (χ3v) is 5.62. The quantitative estimate of drug-likeness (QED) is 0.405.